The van der Waals surface area contributed by atoms with E-state index in [9.17, 15) is 0 Å². The highest BCUT2D eigenvalue weighted by Gasteiger charge is 2.52. The normalized spacial score (nSPS) is 13.4. The highest BCUT2D eigenvalue weighted by molar-refractivity contribution is 5.98. The molecule has 0 aliphatic heterocycles. The molecule has 0 radical (unpaired) electrons. The van der Waals surface area contributed by atoms with E-state index in [1.165, 1.54) is 61.2 Å². The third kappa shape index (κ3) is 4.71. The zero-order valence-corrected chi connectivity index (χ0v) is 29.6. The predicted octanol–water partition coefficient (Wildman–Crippen LogP) is 12.3. The zero-order valence-electron chi connectivity index (χ0n) is 29.6. The molecule has 2 aliphatic carbocycles. The van der Waals surface area contributed by atoms with Crippen molar-refractivity contribution in [2.24, 2.45) is 0 Å². The van der Waals surface area contributed by atoms with Crippen LogP contribution in [0.2, 0.25) is 0 Å². The summed E-state index contributed by atoms with van der Waals surface area (Å²) in [5.74, 6) is 1.96. The Morgan fingerprint density at radius 2 is 0.811 bits per heavy atom. The molecule has 1 spiro atoms. The Hall–Kier alpha value is -6.71. The van der Waals surface area contributed by atoms with E-state index in [2.05, 4.69) is 184 Å². The van der Waals surface area contributed by atoms with Crippen molar-refractivity contribution in [2.45, 2.75) is 19.3 Å². The van der Waals surface area contributed by atoms with Gasteiger partial charge in [-0.3, -0.25) is 0 Å². The summed E-state index contributed by atoms with van der Waals surface area (Å²) < 4.78 is 0. The standard InChI is InChI=1S/C50H35N3/c1-3-32(2)33-24-28-36(29-25-33)47-51-48(37-30-26-35(27-31-37)34-14-5-4-6-15-34)53-49(52-47)42-20-13-19-41-40-18-9-12-23-45(40)50(46(41)42)43-21-10-7-16-38(43)39-17-8-11-22-44(39)50/h3-31H,1-2H3/b32-3+. The molecule has 2 aliphatic rings. The summed E-state index contributed by atoms with van der Waals surface area (Å²) in [5.41, 5.74) is 17.2. The van der Waals surface area contributed by atoms with Crippen molar-refractivity contribution in [1.29, 1.82) is 0 Å². The topological polar surface area (TPSA) is 38.7 Å². The maximum atomic E-state index is 5.34. The van der Waals surface area contributed by atoms with Gasteiger partial charge in [-0.25, -0.2) is 15.0 Å². The third-order valence-electron chi connectivity index (χ3n) is 11.2. The van der Waals surface area contributed by atoms with Crippen LogP contribution >= 0.6 is 0 Å². The number of hydrogen-bond donors (Lipinski definition) is 0. The highest BCUT2D eigenvalue weighted by atomic mass is 15.0. The SMILES string of the molecule is C/C=C(\C)c1ccc(-c2nc(-c3ccc(-c4ccccc4)cc3)nc(-c3cccc4c3C3(c5ccccc5-c5ccccc53)c3ccccc3-4)n2)cc1. The largest absolute Gasteiger partial charge is 0.208 e. The number of allylic oxidation sites excluding steroid dienone is 2. The van der Waals surface area contributed by atoms with E-state index in [-0.39, 0.29) is 0 Å². The van der Waals surface area contributed by atoms with Crippen LogP contribution in [-0.2, 0) is 5.41 Å². The van der Waals surface area contributed by atoms with Crippen LogP contribution < -0.4 is 0 Å². The Bertz CT molecular complexity index is 2660. The number of benzene rings is 7. The molecular weight excluding hydrogens is 643 g/mol. The maximum absolute atomic E-state index is 5.34. The minimum Gasteiger partial charge on any atom is -0.208 e. The molecule has 8 aromatic rings. The van der Waals surface area contributed by atoms with Gasteiger partial charge >= 0.3 is 0 Å². The average Bonchev–Trinajstić information content (AvgIpc) is 3.71. The lowest BCUT2D eigenvalue weighted by Crippen LogP contribution is -2.26. The molecule has 3 heteroatoms. The van der Waals surface area contributed by atoms with Crippen LogP contribution in [0.15, 0.2) is 176 Å². The van der Waals surface area contributed by atoms with Crippen molar-refractivity contribution in [3.63, 3.8) is 0 Å². The fourth-order valence-electron chi connectivity index (χ4n) is 8.59. The van der Waals surface area contributed by atoms with Crippen LogP contribution in [0.3, 0.4) is 0 Å². The Morgan fingerprint density at radius 1 is 0.396 bits per heavy atom. The molecule has 0 unspecified atom stereocenters. The first-order valence-electron chi connectivity index (χ1n) is 18.2. The van der Waals surface area contributed by atoms with Crippen molar-refractivity contribution in [3.05, 3.63) is 204 Å². The minimum absolute atomic E-state index is 0.522. The van der Waals surface area contributed by atoms with Gasteiger partial charge in [0, 0.05) is 16.7 Å². The average molecular weight is 678 g/mol. The fourth-order valence-corrected chi connectivity index (χ4v) is 8.59. The molecule has 0 saturated heterocycles. The van der Waals surface area contributed by atoms with Crippen molar-refractivity contribution in [1.82, 2.24) is 15.0 Å². The maximum Gasteiger partial charge on any atom is 0.164 e. The number of rotatable bonds is 5. The second-order valence-electron chi connectivity index (χ2n) is 13.9. The summed E-state index contributed by atoms with van der Waals surface area (Å²) in [7, 11) is 0. The van der Waals surface area contributed by atoms with Gasteiger partial charge in [0.15, 0.2) is 17.5 Å². The Balaban J connectivity index is 1.23. The summed E-state index contributed by atoms with van der Waals surface area (Å²) in [5, 5.41) is 0. The van der Waals surface area contributed by atoms with Gasteiger partial charge in [0.2, 0.25) is 0 Å². The first-order chi connectivity index (χ1) is 26.1. The van der Waals surface area contributed by atoms with E-state index in [0.29, 0.717) is 17.5 Å². The molecule has 1 heterocycles. The zero-order chi connectivity index (χ0) is 35.5. The van der Waals surface area contributed by atoms with Gasteiger partial charge in [-0.1, -0.05) is 176 Å². The molecule has 1 aromatic heterocycles. The molecule has 0 saturated carbocycles. The molecule has 0 fully saturated rings. The lowest BCUT2D eigenvalue weighted by molar-refractivity contribution is 0.794. The molecule has 10 rings (SSSR count). The third-order valence-corrected chi connectivity index (χ3v) is 11.2. The summed E-state index contributed by atoms with van der Waals surface area (Å²) in [4.78, 5) is 15.8. The molecule has 3 nitrogen and oxygen atoms in total. The van der Waals surface area contributed by atoms with Gasteiger partial charge in [0.1, 0.15) is 0 Å². The van der Waals surface area contributed by atoms with Crippen LogP contribution in [0.4, 0.5) is 0 Å². The van der Waals surface area contributed by atoms with E-state index in [4.69, 9.17) is 15.0 Å². The first kappa shape index (κ1) is 31.1. The van der Waals surface area contributed by atoms with E-state index in [1.807, 2.05) is 6.07 Å². The summed E-state index contributed by atoms with van der Waals surface area (Å²) >= 11 is 0. The van der Waals surface area contributed by atoms with Crippen molar-refractivity contribution in [3.8, 4) is 67.5 Å². The van der Waals surface area contributed by atoms with Crippen LogP contribution in [0.25, 0.3) is 73.1 Å². The smallest absolute Gasteiger partial charge is 0.164 e. The molecular formula is C50H35N3. The van der Waals surface area contributed by atoms with Gasteiger partial charge in [0.25, 0.3) is 0 Å². The van der Waals surface area contributed by atoms with Crippen LogP contribution in [0.5, 0.6) is 0 Å². The summed E-state index contributed by atoms with van der Waals surface area (Å²) in [6, 6.07) is 60.9. The van der Waals surface area contributed by atoms with E-state index in [1.54, 1.807) is 0 Å². The molecule has 250 valence electrons. The number of nitrogens with zero attached hydrogens (tertiary/aromatic N) is 3. The second-order valence-corrected chi connectivity index (χ2v) is 13.9. The lowest BCUT2D eigenvalue weighted by Gasteiger charge is -2.31. The van der Waals surface area contributed by atoms with Crippen molar-refractivity contribution in [2.75, 3.05) is 0 Å². The van der Waals surface area contributed by atoms with Gasteiger partial charge in [-0.05, 0) is 80.6 Å². The molecule has 7 aromatic carbocycles. The molecule has 53 heavy (non-hydrogen) atoms. The second kappa shape index (κ2) is 12.2. The van der Waals surface area contributed by atoms with Crippen LogP contribution in [0.1, 0.15) is 41.7 Å². The number of aromatic nitrogens is 3. The van der Waals surface area contributed by atoms with E-state index in [0.717, 1.165) is 22.3 Å². The monoisotopic (exact) mass is 677 g/mol. The quantitative estimate of drug-likeness (QED) is 0.182. The van der Waals surface area contributed by atoms with E-state index >= 15 is 0 Å². The molecule has 0 amide bonds. The number of fused-ring (bicyclic) bond motifs is 10. The van der Waals surface area contributed by atoms with Gasteiger partial charge < -0.3 is 0 Å². The Labute approximate surface area is 310 Å². The Morgan fingerprint density at radius 3 is 1.38 bits per heavy atom. The molecule has 0 atom stereocenters. The van der Waals surface area contributed by atoms with Crippen LogP contribution in [-0.4, -0.2) is 15.0 Å². The Kier molecular flexibility index (Phi) is 7.16. The highest BCUT2D eigenvalue weighted by Crippen LogP contribution is 2.64. The predicted molar refractivity (Wildman–Crippen MR) is 217 cm³/mol. The van der Waals surface area contributed by atoms with Crippen molar-refractivity contribution < 1.29 is 0 Å². The summed E-state index contributed by atoms with van der Waals surface area (Å²) in [6.07, 6.45) is 2.14. The first-order valence-corrected chi connectivity index (χ1v) is 18.2. The summed E-state index contributed by atoms with van der Waals surface area (Å²) in [6.45, 7) is 4.21. The van der Waals surface area contributed by atoms with Gasteiger partial charge in [-0.2, -0.15) is 0 Å². The van der Waals surface area contributed by atoms with E-state index < -0.39 is 5.41 Å². The molecule has 0 bridgehead atoms. The fraction of sp³-hybridized carbons (Fsp3) is 0.0600. The van der Waals surface area contributed by atoms with Gasteiger partial charge in [0.05, 0.1) is 5.41 Å². The number of hydrogen-bond acceptors (Lipinski definition) is 3. The molecule has 0 N–H and O–H groups in total. The van der Waals surface area contributed by atoms with Crippen molar-refractivity contribution >= 4 is 5.57 Å². The lowest BCUT2D eigenvalue weighted by atomic mass is 9.69. The minimum atomic E-state index is -0.522. The van der Waals surface area contributed by atoms with Crippen LogP contribution in [0, 0.1) is 0 Å². The van der Waals surface area contributed by atoms with Gasteiger partial charge in [-0.15, -0.1) is 0 Å².